The Bertz CT molecular complexity index is 304. The van der Waals surface area contributed by atoms with Crippen LogP contribution in [0.3, 0.4) is 0 Å². The van der Waals surface area contributed by atoms with Gasteiger partial charge in [-0.15, -0.1) is 0 Å². The highest BCUT2D eigenvalue weighted by Gasteiger charge is 2.31. The summed E-state index contributed by atoms with van der Waals surface area (Å²) in [5.74, 6) is 0.926. The van der Waals surface area contributed by atoms with Crippen LogP contribution in [0.1, 0.15) is 20.8 Å². The van der Waals surface area contributed by atoms with E-state index in [0.717, 1.165) is 18.1 Å². The zero-order chi connectivity index (χ0) is 10.2. The van der Waals surface area contributed by atoms with Crippen LogP contribution < -0.4 is 5.32 Å². The molecule has 1 aliphatic heterocycles. The second-order valence-corrected chi connectivity index (χ2v) is 4.88. The fraction of sp³-hybridized carbons (Fsp3) is 0.500. The summed E-state index contributed by atoms with van der Waals surface area (Å²) in [4.78, 5) is 0. The standard InChI is InChI=1S/C12H17NO/c1-12(2,3)10-8-14-11(13-10)9-6-4-5-7-9/h4-7,10,13H,8H2,1-3H3/t10-/m1/s1. The molecule has 1 heterocycles. The summed E-state index contributed by atoms with van der Waals surface area (Å²) in [5.41, 5.74) is 1.39. The summed E-state index contributed by atoms with van der Waals surface area (Å²) in [7, 11) is 0. The molecule has 1 N–H and O–H groups in total. The Balaban J connectivity index is 2.12. The zero-order valence-electron chi connectivity index (χ0n) is 9.00. The van der Waals surface area contributed by atoms with Crippen molar-refractivity contribution in [2.75, 3.05) is 6.61 Å². The van der Waals surface area contributed by atoms with Gasteiger partial charge < -0.3 is 10.1 Å². The highest BCUT2D eigenvalue weighted by atomic mass is 16.5. The second-order valence-electron chi connectivity index (χ2n) is 4.88. The van der Waals surface area contributed by atoms with E-state index in [1.807, 2.05) is 12.2 Å². The maximum atomic E-state index is 5.64. The number of hydrogen-bond donors (Lipinski definition) is 1. The minimum Gasteiger partial charge on any atom is -0.477 e. The van der Waals surface area contributed by atoms with Gasteiger partial charge >= 0.3 is 0 Å². The van der Waals surface area contributed by atoms with Gasteiger partial charge in [0.1, 0.15) is 6.61 Å². The Morgan fingerprint density at radius 3 is 2.43 bits per heavy atom. The monoisotopic (exact) mass is 191 g/mol. The predicted molar refractivity (Wildman–Crippen MR) is 57.6 cm³/mol. The van der Waals surface area contributed by atoms with Crippen molar-refractivity contribution in [2.24, 2.45) is 5.41 Å². The van der Waals surface area contributed by atoms with Crippen molar-refractivity contribution in [2.45, 2.75) is 26.8 Å². The molecule has 0 aromatic carbocycles. The average molecular weight is 191 g/mol. The third-order valence-electron chi connectivity index (χ3n) is 2.67. The van der Waals surface area contributed by atoms with Crippen molar-refractivity contribution in [3.63, 3.8) is 0 Å². The molecule has 1 saturated heterocycles. The molecule has 0 saturated carbocycles. The van der Waals surface area contributed by atoms with Crippen molar-refractivity contribution in [1.82, 2.24) is 5.32 Å². The minimum absolute atomic E-state index is 0.244. The van der Waals surface area contributed by atoms with E-state index >= 15 is 0 Å². The first-order valence-electron chi connectivity index (χ1n) is 5.06. The third kappa shape index (κ3) is 1.69. The highest BCUT2D eigenvalue weighted by molar-refractivity contribution is 5.42. The molecule has 0 unspecified atom stereocenters. The van der Waals surface area contributed by atoms with Crippen LogP contribution in [-0.4, -0.2) is 12.6 Å². The molecule has 0 amide bonds. The van der Waals surface area contributed by atoms with Gasteiger partial charge in [-0.3, -0.25) is 0 Å². The van der Waals surface area contributed by atoms with E-state index in [1.54, 1.807) is 0 Å². The Labute approximate surface area is 85.3 Å². The Hall–Kier alpha value is -1.18. The lowest BCUT2D eigenvalue weighted by Gasteiger charge is -2.24. The maximum absolute atomic E-state index is 5.64. The van der Waals surface area contributed by atoms with Gasteiger partial charge in [0.25, 0.3) is 0 Å². The first-order chi connectivity index (χ1) is 6.57. The smallest absolute Gasteiger partial charge is 0.194 e. The van der Waals surface area contributed by atoms with Gasteiger partial charge in [0.15, 0.2) is 5.88 Å². The first kappa shape index (κ1) is 9.38. The number of allylic oxidation sites excluding steroid dienone is 5. The highest BCUT2D eigenvalue weighted by Crippen LogP contribution is 2.27. The van der Waals surface area contributed by atoms with Gasteiger partial charge in [-0.2, -0.15) is 0 Å². The minimum atomic E-state index is 0.244. The molecule has 0 bridgehead atoms. The topological polar surface area (TPSA) is 21.3 Å². The lowest BCUT2D eigenvalue weighted by atomic mass is 9.88. The van der Waals surface area contributed by atoms with Gasteiger partial charge in [0, 0.05) is 5.57 Å². The van der Waals surface area contributed by atoms with Crippen LogP contribution in [-0.2, 0) is 4.74 Å². The van der Waals surface area contributed by atoms with Gasteiger partial charge in [-0.05, 0) is 17.6 Å². The number of ether oxygens (including phenoxy) is 1. The molecular weight excluding hydrogens is 174 g/mol. The van der Waals surface area contributed by atoms with E-state index in [1.165, 1.54) is 0 Å². The maximum Gasteiger partial charge on any atom is 0.194 e. The van der Waals surface area contributed by atoms with Crippen molar-refractivity contribution in [1.29, 1.82) is 0 Å². The van der Waals surface area contributed by atoms with Crippen LogP contribution in [0, 0.1) is 5.41 Å². The molecule has 76 valence electrons. The van der Waals surface area contributed by atoms with Crippen molar-refractivity contribution >= 4 is 0 Å². The van der Waals surface area contributed by atoms with Crippen LogP contribution in [0.2, 0.25) is 0 Å². The summed E-state index contributed by atoms with van der Waals surface area (Å²) >= 11 is 0. The van der Waals surface area contributed by atoms with Crippen molar-refractivity contribution in [3.05, 3.63) is 35.8 Å². The summed E-state index contributed by atoms with van der Waals surface area (Å²) in [6, 6.07) is 0.410. The van der Waals surface area contributed by atoms with E-state index in [2.05, 4.69) is 38.2 Å². The normalized spacial score (nSPS) is 25.5. The van der Waals surface area contributed by atoms with Crippen LogP contribution in [0.4, 0.5) is 0 Å². The molecule has 0 radical (unpaired) electrons. The molecule has 0 spiro atoms. The number of nitrogens with one attached hydrogen (secondary N) is 1. The van der Waals surface area contributed by atoms with Gasteiger partial charge in [0.05, 0.1) is 6.04 Å². The summed E-state index contributed by atoms with van der Waals surface area (Å²) < 4.78 is 5.64. The molecular formula is C12H17NO. The number of hydrogen-bond acceptors (Lipinski definition) is 2. The van der Waals surface area contributed by atoms with Crippen LogP contribution in [0.25, 0.3) is 0 Å². The van der Waals surface area contributed by atoms with Crippen LogP contribution in [0.5, 0.6) is 0 Å². The van der Waals surface area contributed by atoms with Crippen molar-refractivity contribution < 1.29 is 4.74 Å². The average Bonchev–Trinajstić information content (AvgIpc) is 2.73. The molecule has 2 aliphatic rings. The van der Waals surface area contributed by atoms with Gasteiger partial charge in [-0.1, -0.05) is 32.9 Å². The fourth-order valence-electron chi connectivity index (χ4n) is 1.57. The molecule has 14 heavy (non-hydrogen) atoms. The number of rotatable bonds is 0. The van der Waals surface area contributed by atoms with E-state index in [4.69, 9.17) is 4.74 Å². The lowest BCUT2D eigenvalue weighted by molar-refractivity contribution is 0.214. The summed E-state index contributed by atoms with van der Waals surface area (Å²) in [6.45, 7) is 7.44. The zero-order valence-corrected chi connectivity index (χ0v) is 9.00. The van der Waals surface area contributed by atoms with E-state index in [9.17, 15) is 0 Å². The molecule has 2 rings (SSSR count). The molecule has 1 aliphatic carbocycles. The van der Waals surface area contributed by atoms with Crippen LogP contribution >= 0.6 is 0 Å². The molecule has 0 aromatic heterocycles. The van der Waals surface area contributed by atoms with Gasteiger partial charge in [-0.25, -0.2) is 0 Å². The third-order valence-corrected chi connectivity index (χ3v) is 2.67. The van der Waals surface area contributed by atoms with E-state index < -0.39 is 0 Å². The Kier molecular flexibility index (Phi) is 2.14. The van der Waals surface area contributed by atoms with Crippen LogP contribution in [0.15, 0.2) is 35.8 Å². The van der Waals surface area contributed by atoms with E-state index in [-0.39, 0.29) is 5.41 Å². The molecule has 1 atom stereocenters. The molecule has 0 aromatic rings. The SMILES string of the molecule is CC(C)(C)[C@H]1COC(=C2C=CC=C2)N1. The molecule has 2 nitrogen and oxygen atoms in total. The molecule has 1 fully saturated rings. The molecule has 2 heteroatoms. The van der Waals surface area contributed by atoms with E-state index in [0.29, 0.717) is 6.04 Å². The largest absolute Gasteiger partial charge is 0.477 e. The lowest BCUT2D eigenvalue weighted by Crippen LogP contribution is -2.36. The Morgan fingerprint density at radius 2 is 1.93 bits per heavy atom. The summed E-state index contributed by atoms with van der Waals surface area (Å²) in [5, 5.41) is 3.43. The fourth-order valence-corrected chi connectivity index (χ4v) is 1.57. The quantitative estimate of drug-likeness (QED) is 0.634. The first-order valence-corrected chi connectivity index (χ1v) is 5.06. The van der Waals surface area contributed by atoms with Gasteiger partial charge in [0.2, 0.25) is 0 Å². The van der Waals surface area contributed by atoms with Crippen molar-refractivity contribution in [3.8, 4) is 0 Å². The summed E-state index contributed by atoms with van der Waals surface area (Å²) in [6.07, 6.45) is 8.18. The second kappa shape index (κ2) is 3.19. The Morgan fingerprint density at radius 1 is 1.29 bits per heavy atom. The predicted octanol–water partition coefficient (Wildman–Crippen LogP) is 2.36.